The quantitative estimate of drug-likeness (QED) is 0.352. The van der Waals surface area contributed by atoms with E-state index in [2.05, 4.69) is 20.8 Å². The van der Waals surface area contributed by atoms with Crippen molar-refractivity contribution >= 4 is 21.9 Å². The van der Waals surface area contributed by atoms with Gasteiger partial charge in [-0.05, 0) is 128 Å². The topological polar surface area (TPSA) is 123 Å². The van der Waals surface area contributed by atoms with Gasteiger partial charge in [-0.1, -0.05) is 20.8 Å². The van der Waals surface area contributed by atoms with Crippen molar-refractivity contribution < 1.29 is 38.8 Å². The van der Waals surface area contributed by atoms with Crippen LogP contribution in [-0.4, -0.2) is 98.2 Å². The number of sulfonamides is 1. The largest absolute Gasteiger partial charge is 0.480 e. The maximum Gasteiger partial charge on any atom is 0.318 e. The zero-order valence-corrected chi connectivity index (χ0v) is 30.3. The highest BCUT2D eigenvalue weighted by Crippen LogP contribution is 2.87. The minimum Gasteiger partial charge on any atom is -0.480 e. The Morgan fingerprint density at radius 3 is 2.48 bits per heavy atom. The van der Waals surface area contributed by atoms with Gasteiger partial charge in [0.1, 0.15) is 6.54 Å². The van der Waals surface area contributed by atoms with E-state index in [0.29, 0.717) is 66.5 Å². The van der Waals surface area contributed by atoms with Crippen LogP contribution in [0.15, 0.2) is 0 Å². The van der Waals surface area contributed by atoms with E-state index < -0.39 is 22.5 Å². The van der Waals surface area contributed by atoms with Crippen LogP contribution in [0.2, 0.25) is 0 Å². The number of carbonyl (C=O) groups excluding carboxylic acids is 1. The van der Waals surface area contributed by atoms with Gasteiger partial charge in [-0.15, -0.1) is 0 Å². The standard InChI is InChI=1S/C37H58N2O8S.H2/c1-34(2)29-10-9-25-27-18-28-26(8-7-24(46-28)19-39(20-32(41)42)48(4,43)44)35(27,3)13-14-36(25)22-37(29,36)12-11-30(34)47-33-21-38(15-16-45-33)31(40)17-23-5-6-23;/h23-30,33H,5-22H2,1-4H3,(H,41,42);1H/t24?,25?,26?,27?,28?,29?,30-,33?,35?,36-,37?;/m0./s1. The zero-order chi connectivity index (χ0) is 33.9. The lowest BCUT2D eigenvalue weighted by molar-refractivity contribution is -0.244. The summed E-state index contributed by atoms with van der Waals surface area (Å²) in [5.41, 5.74) is 1.09. The molecule has 1 N–H and O–H groups in total. The van der Waals surface area contributed by atoms with Crippen molar-refractivity contribution in [2.75, 3.05) is 39.0 Å². The smallest absolute Gasteiger partial charge is 0.318 e. The lowest BCUT2D eigenvalue weighted by Crippen LogP contribution is -2.56. The highest BCUT2D eigenvalue weighted by Gasteiger charge is 2.80. The van der Waals surface area contributed by atoms with Crippen LogP contribution in [0.5, 0.6) is 0 Å². The molecule has 0 aromatic carbocycles. The van der Waals surface area contributed by atoms with Crippen LogP contribution < -0.4 is 0 Å². The van der Waals surface area contributed by atoms with Gasteiger partial charge in [-0.3, -0.25) is 9.59 Å². The van der Waals surface area contributed by atoms with Gasteiger partial charge in [0.15, 0.2) is 6.29 Å². The molecule has 2 heterocycles. The summed E-state index contributed by atoms with van der Waals surface area (Å²) >= 11 is 0. The second-order valence-corrected chi connectivity index (χ2v) is 20.3. The SMILES string of the molecule is CC12CC[C@@]34CC35CC[C@H](OC3CN(C(=O)CC6CC6)CCO3)C(C)(C)C5CCC4C1CC1OC(CN(CC(=O)O)S(C)(=O)=O)CCC12.[HH]. The summed E-state index contributed by atoms with van der Waals surface area (Å²) < 4.78 is 45.4. The van der Waals surface area contributed by atoms with E-state index in [1.165, 1.54) is 51.4 Å². The third-order valence-corrected chi connectivity index (χ3v) is 16.9. The predicted molar refractivity (Wildman–Crippen MR) is 180 cm³/mol. The molecule has 48 heavy (non-hydrogen) atoms. The fourth-order valence-corrected chi connectivity index (χ4v) is 14.0. The van der Waals surface area contributed by atoms with Crippen LogP contribution in [0.1, 0.15) is 106 Å². The molecule has 0 radical (unpaired) electrons. The summed E-state index contributed by atoms with van der Waals surface area (Å²) in [6.07, 6.45) is 15.3. The second-order valence-electron chi connectivity index (χ2n) is 18.3. The molecule has 0 aromatic rings. The Morgan fingerprint density at radius 1 is 0.979 bits per heavy atom. The summed E-state index contributed by atoms with van der Waals surface area (Å²) in [4.78, 5) is 26.2. The molecule has 8 aliphatic rings. The van der Waals surface area contributed by atoms with Gasteiger partial charge in [0, 0.05) is 20.9 Å². The molecule has 6 aliphatic carbocycles. The maximum atomic E-state index is 12.9. The first-order valence-electron chi connectivity index (χ1n) is 19.0. The Balaban J connectivity index is 0.00000378. The number of hydrogen-bond acceptors (Lipinski definition) is 7. The highest BCUT2D eigenvalue weighted by atomic mass is 32.2. The summed E-state index contributed by atoms with van der Waals surface area (Å²) in [6.45, 7) is 8.81. The summed E-state index contributed by atoms with van der Waals surface area (Å²) in [5, 5.41) is 9.32. The number of carbonyl (C=O) groups is 2. The minimum absolute atomic E-state index is 0. The molecule has 8 rings (SSSR count). The first-order valence-corrected chi connectivity index (χ1v) is 20.9. The van der Waals surface area contributed by atoms with Gasteiger partial charge in [-0.25, -0.2) is 8.42 Å². The van der Waals surface area contributed by atoms with Gasteiger partial charge in [0.05, 0.1) is 37.7 Å². The van der Waals surface area contributed by atoms with Crippen LogP contribution in [-0.2, 0) is 33.8 Å². The molecule has 9 unspecified atom stereocenters. The summed E-state index contributed by atoms with van der Waals surface area (Å²) in [5.74, 6) is 2.16. The van der Waals surface area contributed by atoms with E-state index in [1.54, 1.807) is 0 Å². The number of ether oxygens (including phenoxy) is 3. The van der Waals surface area contributed by atoms with Crippen molar-refractivity contribution in [1.29, 1.82) is 0 Å². The monoisotopic (exact) mass is 692 g/mol. The van der Waals surface area contributed by atoms with Crippen LogP contribution >= 0.6 is 0 Å². The van der Waals surface area contributed by atoms with E-state index in [0.717, 1.165) is 36.2 Å². The van der Waals surface area contributed by atoms with Crippen molar-refractivity contribution in [1.82, 2.24) is 9.21 Å². The minimum atomic E-state index is -3.63. The number of carboxylic acid groups (broad SMARTS) is 1. The van der Waals surface area contributed by atoms with Gasteiger partial charge >= 0.3 is 5.97 Å². The van der Waals surface area contributed by atoms with Gasteiger partial charge < -0.3 is 24.2 Å². The third-order valence-electron chi connectivity index (χ3n) is 15.7. The third kappa shape index (κ3) is 5.41. The van der Waals surface area contributed by atoms with Crippen molar-refractivity contribution in [3.63, 3.8) is 0 Å². The molecule has 2 spiro atoms. The Labute approximate surface area is 288 Å². The lowest BCUT2D eigenvalue weighted by atomic mass is 9.46. The van der Waals surface area contributed by atoms with E-state index in [4.69, 9.17) is 14.2 Å². The normalized spacial score (nSPS) is 46.1. The summed E-state index contributed by atoms with van der Waals surface area (Å²) in [6, 6.07) is 0. The van der Waals surface area contributed by atoms with Gasteiger partial charge in [0.25, 0.3) is 0 Å². The molecule has 272 valence electrons. The fourth-order valence-electron chi connectivity index (χ4n) is 13.2. The number of fused-ring (bicyclic) bond motifs is 4. The van der Waals surface area contributed by atoms with Gasteiger partial charge in [-0.2, -0.15) is 4.31 Å². The second kappa shape index (κ2) is 11.6. The molecular formula is C37H60N2O8S. The van der Waals surface area contributed by atoms with Crippen LogP contribution in [0, 0.1) is 51.2 Å². The Kier molecular flexibility index (Phi) is 8.20. The number of rotatable bonds is 9. The first kappa shape index (κ1) is 33.9. The molecule has 0 bridgehead atoms. The van der Waals surface area contributed by atoms with E-state index in [9.17, 15) is 23.1 Å². The molecule has 10 nitrogen and oxygen atoms in total. The number of nitrogens with zero attached hydrogens (tertiary/aromatic N) is 2. The molecule has 1 amide bonds. The van der Waals surface area contributed by atoms with Gasteiger partial charge in [0.2, 0.25) is 15.9 Å². The molecule has 11 atom stereocenters. The van der Waals surface area contributed by atoms with Crippen LogP contribution in [0.25, 0.3) is 0 Å². The lowest BCUT2D eigenvalue weighted by Gasteiger charge is -2.60. The number of morpholine rings is 1. The first-order chi connectivity index (χ1) is 22.7. The number of carboxylic acids is 1. The Bertz CT molecular complexity index is 1420. The van der Waals surface area contributed by atoms with Crippen molar-refractivity contribution in [2.24, 2.45) is 51.2 Å². The van der Waals surface area contributed by atoms with Crippen molar-refractivity contribution in [2.45, 2.75) is 129 Å². The Morgan fingerprint density at radius 2 is 1.75 bits per heavy atom. The molecule has 2 aliphatic heterocycles. The number of hydrogen-bond donors (Lipinski definition) is 1. The van der Waals surface area contributed by atoms with E-state index in [1.807, 2.05) is 4.90 Å². The van der Waals surface area contributed by atoms with Crippen LogP contribution in [0.4, 0.5) is 0 Å². The number of amides is 1. The van der Waals surface area contributed by atoms with Crippen molar-refractivity contribution in [3.8, 4) is 0 Å². The molecule has 8 fully saturated rings. The van der Waals surface area contributed by atoms with E-state index in [-0.39, 0.29) is 49.3 Å². The van der Waals surface area contributed by atoms with Crippen LogP contribution in [0.3, 0.4) is 0 Å². The molecule has 0 aromatic heterocycles. The highest BCUT2D eigenvalue weighted by molar-refractivity contribution is 7.88. The number of aliphatic carboxylic acids is 1. The summed E-state index contributed by atoms with van der Waals surface area (Å²) in [7, 11) is -3.63. The van der Waals surface area contributed by atoms with E-state index >= 15 is 0 Å². The molecule has 2 saturated heterocycles. The van der Waals surface area contributed by atoms with Crippen molar-refractivity contribution in [3.05, 3.63) is 0 Å². The average Bonchev–Trinajstić information content (AvgIpc) is 3.93. The average molecular weight is 693 g/mol. The molecular weight excluding hydrogens is 632 g/mol. The maximum absolute atomic E-state index is 12.9. The molecule has 6 saturated carbocycles. The Hall–Kier alpha value is -1.27. The molecule has 11 heteroatoms. The predicted octanol–water partition coefficient (Wildman–Crippen LogP) is 5.16. The fraction of sp³-hybridized carbons (Fsp3) is 0.946. The zero-order valence-electron chi connectivity index (χ0n) is 29.5.